The van der Waals surface area contributed by atoms with Crippen LogP contribution in [0.4, 0.5) is 0 Å². The molecule has 0 unspecified atom stereocenters. The molecule has 140 valence electrons. The van der Waals surface area contributed by atoms with E-state index in [0.29, 0.717) is 6.29 Å². The number of para-hydroxylation sites is 1. The van der Waals surface area contributed by atoms with E-state index in [1.165, 1.54) is 4.57 Å². The van der Waals surface area contributed by atoms with Crippen molar-refractivity contribution in [3.8, 4) is 5.75 Å². The Morgan fingerprint density at radius 2 is 1.89 bits per heavy atom. The molecular weight excluding hydrogens is 366 g/mol. The number of pyridine rings is 1. The number of aldehydes is 1. The number of hydrogen-bond acceptors (Lipinski definition) is 6. The Hall–Kier alpha value is -3.00. The fraction of sp³-hybridized carbons (Fsp3) is 0.211. The first-order chi connectivity index (χ1) is 12.9. The van der Waals surface area contributed by atoms with Crippen LogP contribution in [-0.2, 0) is 16.7 Å². The Balaban J connectivity index is 2.14. The zero-order valence-corrected chi connectivity index (χ0v) is 15.8. The fourth-order valence-corrected chi connectivity index (χ4v) is 4.08. The van der Waals surface area contributed by atoms with Crippen LogP contribution in [0.3, 0.4) is 0 Å². The topological polar surface area (TPSA) is 91.1 Å². The molecule has 0 bridgehead atoms. The molecule has 0 amide bonds. The SMILES string of the molecule is CC(C)c1nc(C=O)n(Cc2cccnc2)c1S(=O)(=O)Oc1ccccc1. The number of nitrogens with zero attached hydrogens (tertiary/aromatic N) is 3. The molecule has 0 saturated carbocycles. The summed E-state index contributed by atoms with van der Waals surface area (Å²) in [6.45, 7) is 3.76. The van der Waals surface area contributed by atoms with Crippen molar-refractivity contribution in [3.05, 3.63) is 71.9 Å². The van der Waals surface area contributed by atoms with Gasteiger partial charge in [0, 0.05) is 12.4 Å². The van der Waals surface area contributed by atoms with Crippen LogP contribution in [-0.4, -0.2) is 29.2 Å². The predicted molar refractivity (Wildman–Crippen MR) is 99.3 cm³/mol. The van der Waals surface area contributed by atoms with Gasteiger partial charge in [0.05, 0.1) is 12.2 Å². The first-order valence-corrected chi connectivity index (χ1v) is 9.77. The molecule has 0 radical (unpaired) electrons. The molecule has 1 aromatic carbocycles. The molecule has 2 heterocycles. The van der Waals surface area contributed by atoms with E-state index in [4.69, 9.17) is 4.18 Å². The van der Waals surface area contributed by atoms with Gasteiger partial charge >= 0.3 is 10.1 Å². The van der Waals surface area contributed by atoms with Crippen LogP contribution in [0.1, 0.15) is 41.6 Å². The van der Waals surface area contributed by atoms with Crippen molar-refractivity contribution in [2.75, 3.05) is 0 Å². The van der Waals surface area contributed by atoms with Gasteiger partial charge in [-0.1, -0.05) is 38.1 Å². The van der Waals surface area contributed by atoms with Gasteiger partial charge in [0.15, 0.2) is 17.1 Å². The van der Waals surface area contributed by atoms with E-state index in [0.717, 1.165) is 5.56 Å². The van der Waals surface area contributed by atoms with Gasteiger partial charge in [-0.25, -0.2) is 4.98 Å². The Morgan fingerprint density at radius 1 is 1.15 bits per heavy atom. The van der Waals surface area contributed by atoms with Crippen LogP contribution in [0.15, 0.2) is 59.9 Å². The lowest BCUT2D eigenvalue weighted by atomic mass is 10.1. The molecule has 0 fully saturated rings. The minimum Gasteiger partial charge on any atom is -0.378 e. The molecule has 3 rings (SSSR count). The molecule has 0 atom stereocenters. The van der Waals surface area contributed by atoms with E-state index in [-0.39, 0.29) is 34.8 Å². The van der Waals surface area contributed by atoms with Crippen molar-refractivity contribution in [3.63, 3.8) is 0 Å². The molecule has 0 N–H and O–H groups in total. The number of imidazole rings is 1. The zero-order chi connectivity index (χ0) is 19.4. The van der Waals surface area contributed by atoms with Crippen molar-refractivity contribution < 1.29 is 17.4 Å². The first-order valence-electron chi connectivity index (χ1n) is 8.36. The monoisotopic (exact) mass is 385 g/mol. The molecule has 8 heteroatoms. The van der Waals surface area contributed by atoms with E-state index in [1.807, 2.05) is 13.8 Å². The van der Waals surface area contributed by atoms with Gasteiger partial charge < -0.3 is 8.75 Å². The summed E-state index contributed by atoms with van der Waals surface area (Å²) in [6, 6.07) is 11.8. The smallest absolute Gasteiger partial charge is 0.357 e. The molecule has 27 heavy (non-hydrogen) atoms. The second kappa shape index (κ2) is 7.71. The Morgan fingerprint density at radius 3 is 2.48 bits per heavy atom. The number of rotatable bonds is 7. The summed E-state index contributed by atoms with van der Waals surface area (Å²) in [5, 5.41) is -0.118. The molecular formula is C19H19N3O4S. The molecule has 3 aromatic rings. The minimum atomic E-state index is -4.21. The number of carbonyl (C=O) groups is 1. The van der Waals surface area contributed by atoms with Crippen molar-refractivity contribution >= 4 is 16.4 Å². The third kappa shape index (κ3) is 4.06. The predicted octanol–water partition coefficient (Wildman–Crippen LogP) is 3.03. The summed E-state index contributed by atoms with van der Waals surface area (Å²) >= 11 is 0. The van der Waals surface area contributed by atoms with Crippen molar-refractivity contribution in [1.29, 1.82) is 0 Å². The standard InChI is InChI=1S/C19H19N3O4S/c1-14(2)18-19(27(24,25)26-16-8-4-3-5-9-16)22(17(13-23)21-18)12-15-7-6-10-20-11-15/h3-11,13-14H,12H2,1-2H3. The van der Waals surface area contributed by atoms with E-state index in [2.05, 4.69) is 9.97 Å². The maximum Gasteiger partial charge on any atom is 0.357 e. The minimum absolute atomic E-state index is 0.0257. The van der Waals surface area contributed by atoms with Crippen molar-refractivity contribution in [2.24, 2.45) is 0 Å². The Bertz CT molecular complexity index is 1030. The number of benzene rings is 1. The summed E-state index contributed by atoms with van der Waals surface area (Å²) < 4.78 is 32.8. The third-order valence-electron chi connectivity index (χ3n) is 3.88. The zero-order valence-electron chi connectivity index (χ0n) is 14.9. The lowest BCUT2D eigenvalue weighted by Crippen LogP contribution is -2.19. The van der Waals surface area contributed by atoms with Gasteiger partial charge in [0.1, 0.15) is 5.75 Å². The van der Waals surface area contributed by atoms with E-state index in [9.17, 15) is 13.2 Å². The lowest BCUT2D eigenvalue weighted by Gasteiger charge is -2.13. The maximum absolute atomic E-state index is 13.1. The lowest BCUT2D eigenvalue weighted by molar-refractivity contribution is 0.111. The van der Waals surface area contributed by atoms with Gasteiger partial charge in [-0.05, 0) is 29.7 Å². The van der Waals surface area contributed by atoms with Crippen LogP contribution in [0.5, 0.6) is 5.75 Å². The van der Waals surface area contributed by atoms with E-state index < -0.39 is 10.1 Å². The maximum atomic E-state index is 13.1. The molecule has 7 nitrogen and oxygen atoms in total. The molecule has 0 aliphatic carbocycles. The Kier molecular flexibility index (Phi) is 5.36. The van der Waals surface area contributed by atoms with Crippen LogP contribution < -0.4 is 4.18 Å². The first kappa shape index (κ1) is 18.8. The third-order valence-corrected chi connectivity index (χ3v) is 5.19. The van der Waals surface area contributed by atoms with Crippen molar-refractivity contribution in [1.82, 2.24) is 14.5 Å². The highest BCUT2D eigenvalue weighted by molar-refractivity contribution is 7.87. The normalized spacial score (nSPS) is 11.5. The second-order valence-corrected chi connectivity index (χ2v) is 7.69. The van der Waals surface area contributed by atoms with E-state index >= 15 is 0 Å². The van der Waals surface area contributed by atoms with Gasteiger partial charge in [0.25, 0.3) is 0 Å². The molecule has 2 aromatic heterocycles. The van der Waals surface area contributed by atoms with Gasteiger partial charge in [-0.3, -0.25) is 9.78 Å². The second-order valence-electron chi connectivity index (χ2n) is 6.23. The quantitative estimate of drug-likeness (QED) is 0.459. The summed E-state index contributed by atoms with van der Waals surface area (Å²) in [5.41, 5.74) is 1.03. The van der Waals surface area contributed by atoms with Crippen LogP contribution in [0.2, 0.25) is 0 Å². The van der Waals surface area contributed by atoms with Crippen molar-refractivity contribution in [2.45, 2.75) is 31.3 Å². The van der Waals surface area contributed by atoms with Gasteiger partial charge in [-0.2, -0.15) is 8.42 Å². The average Bonchev–Trinajstić information content (AvgIpc) is 3.02. The number of hydrogen-bond donors (Lipinski definition) is 0. The fourth-order valence-electron chi connectivity index (χ4n) is 2.67. The summed E-state index contributed by atoms with van der Waals surface area (Å²) in [4.78, 5) is 19.8. The van der Waals surface area contributed by atoms with Crippen LogP contribution in [0.25, 0.3) is 0 Å². The molecule has 0 aliphatic rings. The molecule has 0 saturated heterocycles. The van der Waals surface area contributed by atoms with Crippen LogP contribution in [0, 0.1) is 0 Å². The van der Waals surface area contributed by atoms with Crippen LogP contribution >= 0.6 is 0 Å². The van der Waals surface area contributed by atoms with Gasteiger partial charge in [0.2, 0.25) is 0 Å². The van der Waals surface area contributed by atoms with Gasteiger partial charge in [-0.15, -0.1) is 0 Å². The number of carbonyl (C=O) groups excluding carboxylic acids is 1. The highest BCUT2D eigenvalue weighted by Gasteiger charge is 2.31. The van der Waals surface area contributed by atoms with E-state index in [1.54, 1.807) is 54.9 Å². The summed E-state index contributed by atoms with van der Waals surface area (Å²) in [7, 11) is -4.21. The number of aromatic nitrogens is 3. The largest absolute Gasteiger partial charge is 0.378 e. The summed E-state index contributed by atoms with van der Waals surface area (Å²) in [5.74, 6) is -0.00484. The Labute approximate surface area is 157 Å². The average molecular weight is 385 g/mol. The molecule has 0 spiro atoms. The summed E-state index contributed by atoms with van der Waals surface area (Å²) in [6.07, 6.45) is 3.77. The highest BCUT2D eigenvalue weighted by atomic mass is 32.2. The highest BCUT2D eigenvalue weighted by Crippen LogP contribution is 2.28. The molecule has 0 aliphatic heterocycles.